The van der Waals surface area contributed by atoms with Crippen molar-refractivity contribution in [3.05, 3.63) is 0 Å². The predicted molar refractivity (Wildman–Crippen MR) is 120 cm³/mol. The molecule has 0 radical (unpaired) electrons. The number of fused-ring (bicyclic) bond motifs is 2. The molecule has 0 aliphatic heterocycles. The fraction of sp³-hybridized carbons (Fsp3) is 1.00. The second-order valence-electron chi connectivity index (χ2n) is 14.2. The molecule has 0 aromatic carbocycles. The Kier molecular flexibility index (Phi) is 3.58. The van der Waals surface area contributed by atoms with Gasteiger partial charge in [-0.2, -0.15) is 0 Å². The number of rotatable bonds is 4. The Bertz CT molecular complexity index is 694. The van der Waals surface area contributed by atoms with E-state index in [1.807, 2.05) is 0 Å². The van der Waals surface area contributed by atoms with E-state index in [1.54, 1.807) is 6.42 Å². The molecule has 0 heterocycles. The highest BCUT2D eigenvalue weighted by molar-refractivity contribution is 5.20. The van der Waals surface area contributed by atoms with Crippen LogP contribution in [-0.4, -0.2) is 22.8 Å². The predicted octanol–water partition coefficient (Wildman–Crippen LogP) is 4.56. The van der Waals surface area contributed by atoms with Gasteiger partial charge in [0.15, 0.2) is 0 Å². The fourth-order valence-electron chi connectivity index (χ4n) is 11.8. The average Bonchev–Trinajstić information content (AvgIpc) is 3.28. The molecule has 3 atom stereocenters. The summed E-state index contributed by atoms with van der Waals surface area (Å²) in [5.74, 6) is 7.56. The monoisotopic (exact) mass is 409 g/mol. The molecular formula is C27H43N3. The molecule has 0 aromatic rings. The Balaban J connectivity index is 1.17. The standard InChI is InChI=1S/C27H43N3/c28-26-14-19-6-20(15-26)8-21(7-19)24(26)29-27(30-25-3-1-16(13-25)2-4-25)22-9-17-5-18(11-22)12-23(27)10-17/h16-24,29-30H,1-15,28H2. The molecule has 10 aliphatic carbocycles. The Morgan fingerprint density at radius 1 is 0.633 bits per heavy atom. The molecule has 4 N–H and O–H groups in total. The van der Waals surface area contributed by atoms with Gasteiger partial charge in [0.1, 0.15) is 0 Å². The summed E-state index contributed by atoms with van der Waals surface area (Å²) < 4.78 is 0. The lowest BCUT2D eigenvalue weighted by Gasteiger charge is -2.67. The summed E-state index contributed by atoms with van der Waals surface area (Å²) >= 11 is 0. The van der Waals surface area contributed by atoms with Crippen molar-refractivity contribution in [1.29, 1.82) is 0 Å². The van der Waals surface area contributed by atoms with E-state index in [0.717, 1.165) is 47.3 Å². The molecular weight excluding hydrogens is 366 g/mol. The molecule has 3 nitrogen and oxygen atoms in total. The van der Waals surface area contributed by atoms with Crippen LogP contribution in [0.5, 0.6) is 0 Å². The van der Waals surface area contributed by atoms with Crippen molar-refractivity contribution in [2.75, 3.05) is 0 Å². The van der Waals surface area contributed by atoms with Crippen molar-refractivity contribution in [2.24, 2.45) is 53.1 Å². The first kappa shape index (κ1) is 18.3. The lowest BCUT2D eigenvalue weighted by atomic mass is 9.48. The van der Waals surface area contributed by atoms with Crippen molar-refractivity contribution in [2.45, 2.75) is 119 Å². The molecule has 0 aromatic heterocycles. The Morgan fingerprint density at radius 3 is 1.77 bits per heavy atom. The molecule has 30 heavy (non-hydrogen) atoms. The molecule has 0 amide bonds. The minimum atomic E-state index is 0.0870. The first-order chi connectivity index (χ1) is 14.5. The highest BCUT2D eigenvalue weighted by Gasteiger charge is 2.64. The van der Waals surface area contributed by atoms with Crippen LogP contribution in [0.4, 0.5) is 0 Å². The van der Waals surface area contributed by atoms with Gasteiger partial charge in [0, 0.05) is 17.1 Å². The van der Waals surface area contributed by atoms with E-state index in [-0.39, 0.29) is 11.2 Å². The van der Waals surface area contributed by atoms with Crippen LogP contribution < -0.4 is 16.4 Å². The van der Waals surface area contributed by atoms with E-state index in [2.05, 4.69) is 10.6 Å². The lowest BCUT2D eigenvalue weighted by Crippen LogP contribution is -2.81. The summed E-state index contributed by atoms with van der Waals surface area (Å²) in [5, 5.41) is 9.16. The summed E-state index contributed by atoms with van der Waals surface area (Å²) in [5.41, 5.74) is 8.07. The normalized spacial score (nSPS) is 64.5. The lowest BCUT2D eigenvalue weighted by molar-refractivity contribution is -0.132. The molecule has 3 unspecified atom stereocenters. The number of nitrogens with two attached hydrogens (primary N) is 1. The SMILES string of the molecule is NC12CC3CC(CC(C3)C1NC1(NC34CCC(CC3)C4)C3CC4CC(C3)CC1C4)C2. The van der Waals surface area contributed by atoms with Gasteiger partial charge in [-0.1, -0.05) is 0 Å². The van der Waals surface area contributed by atoms with Gasteiger partial charge in [-0.05, 0) is 144 Å². The van der Waals surface area contributed by atoms with Gasteiger partial charge in [0.05, 0.1) is 5.66 Å². The van der Waals surface area contributed by atoms with Crippen LogP contribution in [0, 0.1) is 47.3 Å². The van der Waals surface area contributed by atoms with Gasteiger partial charge in [-0.25, -0.2) is 0 Å². The summed E-state index contributed by atoms with van der Waals surface area (Å²) in [4.78, 5) is 0. The third-order valence-corrected chi connectivity index (χ3v) is 12.4. The zero-order valence-electron chi connectivity index (χ0n) is 18.9. The largest absolute Gasteiger partial charge is 0.324 e. The van der Waals surface area contributed by atoms with E-state index < -0.39 is 0 Å². The Labute approximate surface area is 183 Å². The first-order valence-corrected chi connectivity index (χ1v) is 13.9. The quantitative estimate of drug-likeness (QED) is 0.597. The van der Waals surface area contributed by atoms with Crippen LogP contribution in [0.3, 0.4) is 0 Å². The van der Waals surface area contributed by atoms with Crippen molar-refractivity contribution in [3.63, 3.8) is 0 Å². The number of hydrogen-bond acceptors (Lipinski definition) is 3. The molecule has 3 heteroatoms. The topological polar surface area (TPSA) is 50.1 Å². The van der Waals surface area contributed by atoms with E-state index in [4.69, 9.17) is 5.73 Å². The summed E-state index contributed by atoms with van der Waals surface area (Å²) in [6.45, 7) is 0. The minimum absolute atomic E-state index is 0.0870. The van der Waals surface area contributed by atoms with Gasteiger partial charge in [-0.3, -0.25) is 10.6 Å². The van der Waals surface area contributed by atoms with E-state index in [9.17, 15) is 0 Å². The van der Waals surface area contributed by atoms with Gasteiger partial charge in [0.25, 0.3) is 0 Å². The van der Waals surface area contributed by atoms with Crippen LogP contribution in [0.25, 0.3) is 0 Å². The van der Waals surface area contributed by atoms with Crippen molar-refractivity contribution in [1.82, 2.24) is 10.6 Å². The summed E-state index contributed by atoms with van der Waals surface area (Å²) in [7, 11) is 0. The van der Waals surface area contributed by atoms with Crippen LogP contribution in [-0.2, 0) is 0 Å². The van der Waals surface area contributed by atoms with Gasteiger partial charge in [-0.15, -0.1) is 0 Å². The van der Waals surface area contributed by atoms with Gasteiger partial charge < -0.3 is 5.73 Å². The Morgan fingerprint density at radius 2 is 1.23 bits per heavy atom. The molecule has 166 valence electrons. The van der Waals surface area contributed by atoms with Crippen LogP contribution >= 0.6 is 0 Å². The van der Waals surface area contributed by atoms with E-state index >= 15 is 0 Å². The van der Waals surface area contributed by atoms with Gasteiger partial charge >= 0.3 is 0 Å². The van der Waals surface area contributed by atoms with Crippen LogP contribution in [0.1, 0.15) is 96.3 Å². The maximum absolute atomic E-state index is 7.32. The average molecular weight is 410 g/mol. The number of nitrogens with one attached hydrogen (secondary N) is 2. The third kappa shape index (κ3) is 2.39. The maximum Gasteiger partial charge on any atom is 0.0752 e. The van der Waals surface area contributed by atoms with Gasteiger partial charge in [0.2, 0.25) is 0 Å². The maximum atomic E-state index is 7.32. The van der Waals surface area contributed by atoms with Crippen molar-refractivity contribution < 1.29 is 0 Å². The fourth-order valence-corrected chi connectivity index (χ4v) is 11.8. The van der Waals surface area contributed by atoms with E-state index in [1.165, 1.54) is 89.9 Å². The zero-order valence-corrected chi connectivity index (χ0v) is 18.9. The molecule has 10 saturated carbocycles. The first-order valence-electron chi connectivity index (χ1n) is 13.9. The molecule has 0 spiro atoms. The zero-order chi connectivity index (χ0) is 19.7. The second kappa shape index (κ2) is 5.86. The molecule has 10 bridgehead atoms. The molecule has 0 saturated heterocycles. The highest BCUT2D eigenvalue weighted by atomic mass is 15.3. The second-order valence-corrected chi connectivity index (χ2v) is 14.2. The third-order valence-electron chi connectivity index (χ3n) is 12.4. The highest BCUT2D eigenvalue weighted by Crippen LogP contribution is 2.61. The van der Waals surface area contributed by atoms with E-state index in [0.29, 0.717) is 11.6 Å². The summed E-state index contributed by atoms with van der Waals surface area (Å²) in [6.07, 6.45) is 21.9. The minimum Gasteiger partial charge on any atom is -0.324 e. The van der Waals surface area contributed by atoms with Crippen molar-refractivity contribution in [3.8, 4) is 0 Å². The smallest absolute Gasteiger partial charge is 0.0752 e. The Hall–Kier alpha value is -0.120. The van der Waals surface area contributed by atoms with Crippen LogP contribution in [0.2, 0.25) is 0 Å². The summed E-state index contributed by atoms with van der Waals surface area (Å²) in [6, 6.07) is 0.574. The molecule has 10 rings (SSSR count). The van der Waals surface area contributed by atoms with Crippen molar-refractivity contribution >= 4 is 0 Å². The van der Waals surface area contributed by atoms with Crippen LogP contribution in [0.15, 0.2) is 0 Å². The number of hydrogen-bond donors (Lipinski definition) is 3. The molecule has 10 fully saturated rings. The molecule has 10 aliphatic rings.